The number of aromatic nitrogens is 1. The molecule has 0 aliphatic rings. The van der Waals surface area contributed by atoms with Gasteiger partial charge in [0.25, 0.3) is 0 Å². The minimum Gasteiger partial charge on any atom is -0.507 e. The molecule has 0 aliphatic heterocycles. The van der Waals surface area contributed by atoms with Gasteiger partial charge in [0.15, 0.2) is 5.76 Å². The number of aromatic hydroxyl groups is 1. The monoisotopic (exact) mass is 299 g/mol. The maximum Gasteiger partial charge on any atom is 0.206 e. The molecule has 2 aromatic heterocycles. The van der Waals surface area contributed by atoms with Crippen molar-refractivity contribution in [3.63, 3.8) is 0 Å². The van der Waals surface area contributed by atoms with Gasteiger partial charge in [0.1, 0.15) is 11.4 Å². The van der Waals surface area contributed by atoms with Crippen molar-refractivity contribution in [1.29, 1.82) is 0 Å². The third-order valence-electron chi connectivity index (χ3n) is 2.90. The van der Waals surface area contributed by atoms with Crippen molar-refractivity contribution >= 4 is 17.6 Å². The maximum absolute atomic E-state index is 9.78. The van der Waals surface area contributed by atoms with E-state index in [1.165, 1.54) is 11.3 Å². The normalized spacial score (nSPS) is 12.3. The lowest BCUT2D eigenvalue weighted by Crippen LogP contribution is -2.11. The Hall–Kier alpha value is -2.60. The molecule has 21 heavy (non-hydrogen) atoms. The number of hydrogen-bond acceptors (Lipinski definition) is 5. The van der Waals surface area contributed by atoms with Crippen LogP contribution in [0.4, 0.5) is 0 Å². The Labute approximate surface area is 125 Å². The Balaban J connectivity index is 2.06. The molecule has 3 aromatic rings. The summed E-state index contributed by atoms with van der Waals surface area (Å²) in [6.45, 7) is 0. The van der Waals surface area contributed by atoms with Crippen molar-refractivity contribution in [2.45, 2.75) is 0 Å². The molecule has 1 N–H and O–H groups in total. The van der Waals surface area contributed by atoms with Crippen LogP contribution in [-0.4, -0.2) is 23.0 Å². The molecule has 0 saturated heterocycles. The third kappa shape index (κ3) is 2.66. The average Bonchev–Trinajstić information content (AvgIpc) is 3.15. The van der Waals surface area contributed by atoms with E-state index in [1.807, 2.05) is 23.6 Å². The Morgan fingerprint density at radius 1 is 1.24 bits per heavy atom. The molecule has 0 unspecified atom stereocenters. The molecular formula is C15H13N3O2S. The SMILES string of the molecule is CN=c1scc(-c2ccco2)n1/N=C/c1ccccc1O. The molecule has 6 heteroatoms. The Morgan fingerprint density at radius 2 is 2.10 bits per heavy atom. The summed E-state index contributed by atoms with van der Waals surface area (Å²) in [5.41, 5.74) is 1.46. The number of nitrogens with zero attached hydrogens (tertiary/aromatic N) is 3. The van der Waals surface area contributed by atoms with E-state index < -0.39 is 0 Å². The van der Waals surface area contributed by atoms with E-state index in [0.717, 1.165) is 16.3 Å². The van der Waals surface area contributed by atoms with E-state index in [-0.39, 0.29) is 5.75 Å². The molecule has 0 saturated carbocycles. The summed E-state index contributed by atoms with van der Waals surface area (Å²) in [6, 6.07) is 10.7. The van der Waals surface area contributed by atoms with Gasteiger partial charge in [-0.05, 0) is 24.3 Å². The van der Waals surface area contributed by atoms with Crippen LogP contribution in [0.1, 0.15) is 5.56 Å². The fraction of sp³-hybridized carbons (Fsp3) is 0.0667. The molecule has 2 heterocycles. The Kier molecular flexibility index (Phi) is 3.70. The van der Waals surface area contributed by atoms with Crippen LogP contribution in [0.25, 0.3) is 11.5 Å². The van der Waals surface area contributed by atoms with Crippen LogP contribution < -0.4 is 4.80 Å². The van der Waals surface area contributed by atoms with Gasteiger partial charge < -0.3 is 9.52 Å². The van der Waals surface area contributed by atoms with Crippen LogP contribution in [0.15, 0.2) is 62.6 Å². The molecule has 0 amide bonds. The van der Waals surface area contributed by atoms with E-state index in [1.54, 1.807) is 42.4 Å². The maximum atomic E-state index is 9.78. The number of thiazole rings is 1. The fourth-order valence-corrected chi connectivity index (χ4v) is 2.66. The first-order valence-corrected chi connectivity index (χ1v) is 7.17. The molecular weight excluding hydrogens is 286 g/mol. The average molecular weight is 299 g/mol. The molecule has 0 aliphatic carbocycles. The van der Waals surface area contributed by atoms with E-state index in [2.05, 4.69) is 10.1 Å². The van der Waals surface area contributed by atoms with Crippen LogP contribution in [0.2, 0.25) is 0 Å². The standard InChI is InChI=1S/C15H13N3O2S/c1-16-15-18(12(10-21-15)14-7-4-8-20-14)17-9-11-5-2-3-6-13(11)19/h2-10,19H,1H3/b16-15?,17-9+. The highest BCUT2D eigenvalue weighted by Gasteiger charge is 2.09. The number of para-hydroxylation sites is 1. The van der Waals surface area contributed by atoms with Gasteiger partial charge in [-0.25, -0.2) is 4.68 Å². The van der Waals surface area contributed by atoms with Gasteiger partial charge in [-0.15, -0.1) is 11.3 Å². The van der Waals surface area contributed by atoms with Crippen molar-refractivity contribution in [2.24, 2.45) is 10.1 Å². The van der Waals surface area contributed by atoms with Gasteiger partial charge in [-0.3, -0.25) is 4.99 Å². The van der Waals surface area contributed by atoms with Gasteiger partial charge in [0.2, 0.25) is 4.80 Å². The first-order chi connectivity index (χ1) is 10.3. The molecule has 0 atom stereocenters. The largest absolute Gasteiger partial charge is 0.507 e. The van der Waals surface area contributed by atoms with Gasteiger partial charge in [0, 0.05) is 18.0 Å². The highest BCUT2D eigenvalue weighted by Crippen LogP contribution is 2.20. The lowest BCUT2D eigenvalue weighted by atomic mass is 10.2. The van der Waals surface area contributed by atoms with Crippen molar-refractivity contribution in [2.75, 3.05) is 7.05 Å². The number of furan rings is 1. The lowest BCUT2D eigenvalue weighted by molar-refractivity contribution is 0.474. The lowest BCUT2D eigenvalue weighted by Gasteiger charge is -2.01. The zero-order valence-corrected chi connectivity index (χ0v) is 12.1. The number of hydrogen-bond donors (Lipinski definition) is 1. The smallest absolute Gasteiger partial charge is 0.206 e. The molecule has 0 bridgehead atoms. The summed E-state index contributed by atoms with van der Waals surface area (Å²) in [7, 11) is 1.71. The van der Waals surface area contributed by atoms with Crippen LogP contribution in [0.5, 0.6) is 5.75 Å². The Morgan fingerprint density at radius 3 is 2.81 bits per heavy atom. The highest BCUT2D eigenvalue weighted by molar-refractivity contribution is 7.07. The molecule has 0 radical (unpaired) electrons. The van der Waals surface area contributed by atoms with Crippen molar-refractivity contribution in [3.05, 3.63) is 58.4 Å². The number of phenols is 1. The Bertz CT molecular complexity index is 829. The van der Waals surface area contributed by atoms with E-state index in [4.69, 9.17) is 4.42 Å². The summed E-state index contributed by atoms with van der Waals surface area (Å²) >= 11 is 1.47. The minimum absolute atomic E-state index is 0.187. The summed E-state index contributed by atoms with van der Waals surface area (Å²) in [6.07, 6.45) is 3.22. The zero-order chi connectivity index (χ0) is 14.7. The molecule has 106 valence electrons. The third-order valence-corrected chi connectivity index (χ3v) is 3.81. The van der Waals surface area contributed by atoms with Crippen molar-refractivity contribution in [3.8, 4) is 17.2 Å². The number of benzene rings is 1. The molecule has 5 nitrogen and oxygen atoms in total. The topological polar surface area (TPSA) is 63.0 Å². The van der Waals surface area contributed by atoms with E-state index >= 15 is 0 Å². The highest BCUT2D eigenvalue weighted by atomic mass is 32.1. The summed E-state index contributed by atoms with van der Waals surface area (Å²) < 4.78 is 7.11. The molecule has 1 aromatic carbocycles. The van der Waals surface area contributed by atoms with Crippen LogP contribution >= 0.6 is 11.3 Å². The second-order valence-electron chi connectivity index (χ2n) is 4.22. The van der Waals surface area contributed by atoms with Gasteiger partial charge in [-0.2, -0.15) is 5.10 Å². The summed E-state index contributed by atoms with van der Waals surface area (Å²) in [4.78, 5) is 4.94. The predicted molar refractivity (Wildman–Crippen MR) is 82.6 cm³/mol. The first-order valence-electron chi connectivity index (χ1n) is 6.29. The van der Waals surface area contributed by atoms with Crippen molar-refractivity contribution < 1.29 is 9.52 Å². The molecule has 0 fully saturated rings. The molecule has 0 spiro atoms. The minimum atomic E-state index is 0.187. The quantitative estimate of drug-likeness (QED) is 0.756. The van der Waals surface area contributed by atoms with E-state index in [9.17, 15) is 5.11 Å². The van der Waals surface area contributed by atoms with Crippen LogP contribution in [0.3, 0.4) is 0 Å². The fourth-order valence-electron chi connectivity index (χ4n) is 1.87. The summed E-state index contributed by atoms with van der Waals surface area (Å²) in [5, 5.41) is 16.1. The summed E-state index contributed by atoms with van der Waals surface area (Å²) in [5.74, 6) is 0.905. The number of phenolic OH excluding ortho intramolecular Hbond substituents is 1. The van der Waals surface area contributed by atoms with Gasteiger partial charge in [0.05, 0.1) is 12.5 Å². The van der Waals surface area contributed by atoms with Gasteiger partial charge >= 0.3 is 0 Å². The zero-order valence-electron chi connectivity index (χ0n) is 11.3. The van der Waals surface area contributed by atoms with Crippen molar-refractivity contribution in [1.82, 2.24) is 4.68 Å². The van der Waals surface area contributed by atoms with E-state index in [0.29, 0.717) is 5.56 Å². The second-order valence-corrected chi connectivity index (χ2v) is 5.06. The number of rotatable bonds is 3. The first kappa shape index (κ1) is 13.4. The van der Waals surface area contributed by atoms with Crippen LogP contribution in [0, 0.1) is 0 Å². The van der Waals surface area contributed by atoms with Crippen LogP contribution in [-0.2, 0) is 0 Å². The molecule has 3 rings (SSSR count). The van der Waals surface area contributed by atoms with Gasteiger partial charge in [-0.1, -0.05) is 12.1 Å². The predicted octanol–water partition coefficient (Wildman–Crippen LogP) is 2.93. The second kappa shape index (κ2) is 5.80.